The minimum atomic E-state index is -0.804. The molecule has 5 nitrogen and oxygen atoms in total. The minimum absolute atomic E-state index is 0.0400. The van der Waals surface area contributed by atoms with Crippen molar-refractivity contribution in [3.8, 4) is 11.5 Å². The highest BCUT2D eigenvalue weighted by Gasteiger charge is 2.48. The van der Waals surface area contributed by atoms with Crippen molar-refractivity contribution >= 4 is 34.1 Å². The van der Waals surface area contributed by atoms with Crippen molar-refractivity contribution < 1.29 is 4.74 Å². The molecule has 6 aromatic carbocycles. The molecule has 0 atom stereocenters. The molecule has 2 aliphatic rings. The van der Waals surface area contributed by atoms with Crippen LogP contribution in [0.2, 0.25) is 0 Å². The minimum Gasteiger partial charge on any atom is -0.457 e. The number of hydrogen-bond acceptors (Lipinski definition) is 5. The van der Waals surface area contributed by atoms with Crippen LogP contribution in [0.4, 0.5) is 34.1 Å². The first-order valence-corrected chi connectivity index (χ1v) is 21.6. The van der Waals surface area contributed by atoms with Crippen LogP contribution < -0.4 is 19.4 Å². The van der Waals surface area contributed by atoms with Gasteiger partial charge in [0, 0.05) is 30.7 Å². The second-order valence-electron chi connectivity index (χ2n) is 19.9. The SMILES string of the molecule is CN1CN(c2cccc(Oc3cccc(C4(c5ccccn5)c5cc(C(C)(C)C)ccc5N(c5ccc(C(C)(C)C)cc5)c5ccc(C(C)(C)C)cc54)c3)c2)c2ccccc21. The summed E-state index contributed by atoms with van der Waals surface area (Å²) in [6.45, 7) is 21.4. The predicted molar refractivity (Wildman–Crippen MR) is 255 cm³/mol. The number of ether oxygens (including phenoxy) is 1. The van der Waals surface area contributed by atoms with E-state index in [1.165, 1.54) is 39.2 Å². The van der Waals surface area contributed by atoms with Gasteiger partial charge in [-0.3, -0.25) is 4.98 Å². The van der Waals surface area contributed by atoms with Gasteiger partial charge >= 0.3 is 0 Å². The first kappa shape index (κ1) is 40.1. The molecule has 61 heavy (non-hydrogen) atoms. The van der Waals surface area contributed by atoms with Crippen molar-refractivity contribution in [3.63, 3.8) is 0 Å². The molecule has 7 aromatic rings. The summed E-state index contributed by atoms with van der Waals surface area (Å²) < 4.78 is 6.90. The fourth-order valence-electron chi connectivity index (χ4n) is 9.22. The quantitative estimate of drug-likeness (QED) is 0.167. The van der Waals surface area contributed by atoms with Crippen LogP contribution in [0.1, 0.15) is 101 Å². The van der Waals surface area contributed by atoms with Crippen molar-refractivity contribution in [1.29, 1.82) is 0 Å². The highest BCUT2D eigenvalue weighted by atomic mass is 16.5. The Morgan fingerprint density at radius 1 is 0.492 bits per heavy atom. The van der Waals surface area contributed by atoms with E-state index in [-0.39, 0.29) is 16.2 Å². The fraction of sp³-hybridized carbons (Fsp3) is 0.268. The molecule has 0 saturated carbocycles. The summed E-state index contributed by atoms with van der Waals surface area (Å²) in [5.41, 5.74) is 14.2. The zero-order chi connectivity index (χ0) is 42.9. The molecule has 0 fully saturated rings. The van der Waals surface area contributed by atoms with Gasteiger partial charge in [0.1, 0.15) is 11.5 Å². The van der Waals surface area contributed by atoms with Crippen LogP contribution in [0, 0.1) is 0 Å². The number of fused-ring (bicyclic) bond motifs is 3. The van der Waals surface area contributed by atoms with Crippen LogP contribution in [0.5, 0.6) is 11.5 Å². The number of nitrogens with zero attached hydrogens (tertiary/aromatic N) is 4. The molecule has 2 aliphatic heterocycles. The van der Waals surface area contributed by atoms with E-state index >= 15 is 0 Å². The van der Waals surface area contributed by atoms with Crippen molar-refractivity contribution in [2.24, 2.45) is 0 Å². The summed E-state index contributed by atoms with van der Waals surface area (Å²) in [6.07, 6.45) is 1.94. The molecule has 0 saturated heterocycles. The number of anilines is 6. The third kappa shape index (κ3) is 7.04. The Kier molecular flexibility index (Phi) is 9.66. The first-order chi connectivity index (χ1) is 29.0. The van der Waals surface area contributed by atoms with Gasteiger partial charge in [0.15, 0.2) is 0 Å². The number of hydrogen-bond donors (Lipinski definition) is 0. The van der Waals surface area contributed by atoms with Crippen LogP contribution in [0.3, 0.4) is 0 Å². The Hall–Kier alpha value is -6.33. The topological polar surface area (TPSA) is 31.8 Å². The summed E-state index contributed by atoms with van der Waals surface area (Å²) in [5.74, 6) is 1.55. The summed E-state index contributed by atoms with van der Waals surface area (Å²) in [7, 11) is 2.14. The Balaban J connectivity index is 1.27. The average molecular weight is 803 g/mol. The van der Waals surface area contributed by atoms with Gasteiger partial charge < -0.3 is 19.4 Å². The molecule has 0 radical (unpaired) electrons. The van der Waals surface area contributed by atoms with E-state index in [0.29, 0.717) is 0 Å². The smallest absolute Gasteiger partial charge is 0.129 e. The van der Waals surface area contributed by atoms with E-state index < -0.39 is 5.41 Å². The monoisotopic (exact) mass is 802 g/mol. The molecular weight excluding hydrogens is 745 g/mol. The van der Waals surface area contributed by atoms with Gasteiger partial charge in [0.05, 0.1) is 40.5 Å². The summed E-state index contributed by atoms with van der Waals surface area (Å²) in [6, 6.07) is 55.5. The van der Waals surface area contributed by atoms with Crippen LogP contribution in [0.25, 0.3) is 0 Å². The number of aromatic nitrogens is 1. The number of para-hydroxylation sites is 2. The Morgan fingerprint density at radius 2 is 1.05 bits per heavy atom. The van der Waals surface area contributed by atoms with Gasteiger partial charge in [-0.1, -0.05) is 135 Å². The molecule has 0 amide bonds. The molecule has 0 aliphatic carbocycles. The Morgan fingerprint density at radius 3 is 1.64 bits per heavy atom. The van der Waals surface area contributed by atoms with E-state index in [0.717, 1.165) is 52.2 Å². The highest BCUT2D eigenvalue weighted by Crippen LogP contribution is 2.59. The van der Waals surface area contributed by atoms with E-state index in [2.05, 4.69) is 230 Å². The Bertz CT molecular complexity index is 2670. The van der Waals surface area contributed by atoms with Crippen molar-refractivity contribution in [2.75, 3.05) is 28.4 Å². The maximum Gasteiger partial charge on any atom is 0.129 e. The molecule has 0 unspecified atom stereocenters. The molecular formula is C56H58N4O. The van der Waals surface area contributed by atoms with Crippen molar-refractivity contribution in [2.45, 2.75) is 84.0 Å². The molecule has 1 aromatic heterocycles. The third-order valence-electron chi connectivity index (χ3n) is 12.6. The fourth-order valence-corrected chi connectivity index (χ4v) is 9.22. The first-order valence-electron chi connectivity index (χ1n) is 21.6. The average Bonchev–Trinajstić information content (AvgIpc) is 3.58. The highest BCUT2D eigenvalue weighted by molar-refractivity contribution is 5.90. The zero-order valence-electron chi connectivity index (χ0n) is 37.4. The van der Waals surface area contributed by atoms with E-state index in [4.69, 9.17) is 9.72 Å². The zero-order valence-corrected chi connectivity index (χ0v) is 37.4. The van der Waals surface area contributed by atoms with Gasteiger partial charge in [-0.15, -0.1) is 0 Å². The van der Waals surface area contributed by atoms with Gasteiger partial charge in [-0.05, 0) is 122 Å². The molecule has 0 spiro atoms. The normalized spacial score (nSPS) is 14.7. The summed E-state index contributed by atoms with van der Waals surface area (Å²) in [5, 5.41) is 0. The molecule has 0 bridgehead atoms. The lowest BCUT2D eigenvalue weighted by Crippen LogP contribution is -2.39. The number of pyridine rings is 1. The number of rotatable bonds is 6. The van der Waals surface area contributed by atoms with E-state index in [9.17, 15) is 0 Å². The van der Waals surface area contributed by atoms with Crippen molar-refractivity contribution in [3.05, 3.63) is 197 Å². The van der Waals surface area contributed by atoms with E-state index in [1.807, 2.05) is 12.3 Å². The van der Waals surface area contributed by atoms with E-state index in [1.54, 1.807) is 0 Å². The van der Waals surface area contributed by atoms with Gasteiger partial charge in [0.25, 0.3) is 0 Å². The van der Waals surface area contributed by atoms with Crippen LogP contribution in [0.15, 0.2) is 158 Å². The van der Waals surface area contributed by atoms with Gasteiger partial charge in [-0.25, -0.2) is 0 Å². The lowest BCUT2D eigenvalue weighted by Gasteiger charge is -2.47. The van der Waals surface area contributed by atoms with Crippen molar-refractivity contribution in [1.82, 2.24) is 4.98 Å². The second-order valence-corrected chi connectivity index (χ2v) is 19.9. The van der Waals surface area contributed by atoms with Gasteiger partial charge in [0.2, 0.25) is 0 Å². The largest absolute Gasteiger partial charge is 0.457 e. The third-order valence-corrected chi connectivity index (χ3v) is 12.6. The lowest BCUT2D eigenvalue weighted by molar-refractivity contribution is 0.481. The molecule has 3 heterocycles. The van der Waals surface area contributed by atoms with Crippen LogP contribution in [-0.4, -0.2) is 18.7 Å². The Labute approximate surface area is 363 Å². The molecule has 9 rings (SSSR count). The van der Waals surface area contributed by atoms with Crippen LogP contribution in [-0.2, 0) is 21.7 Å². The molecule has 308 valence electrons. The summed E-state index contributed by atoms with van der Waals surface area (Å²) >= 11 is 0. The maximum atomic E-state index is 6.90. The summed E-state index contributed by atoms with van der Waals surface area (Å²) in [4.78, 5) is 12.4. The molecule has 5 heteroatoms. The van der Waals surface area contributed by atoms with Crippen LogP contribution >= 0.6 is 0 Å². The van der Waals surface area contributed by atoms with Gasteiger partial charge in [-0.2, -0.15) is 0 Å². The second kappa shape index (κ2) is 14.7. The maximum absolute atomic E-state index is 6.90. The standard InChI is InChI=1S/C56H58N4O/c1-53(2,3)38-24-28-42(29-25-38)60-48-30-26-39(54(4,5)6)34-46(48)56(52-23-13-14-32-57-52,47-35-40(55(7,8)9)27-31-49(47)60)41-17-15-19-44(33-41)61-45-20-16-18-43(36-45)59-37-58(10)50-21-11-12-22-51(50)59/h11-36H,37H2,1-10H3. The predicted octanol–water partition coefficient (Wildman–Crippen LogP) is 14.5. The molecule has 0 N–H and O–H groups in total. The lowest BCUT2D eigenvalue weighted by atomic mass is 9.62. The number of benzene rings is 6.